The van der Waals surface area contributed by atoms with E-state index in [0.717, 1.165) is 0 Å². The summed E-state index contributed by atoms with van der Waals surface area (Å²) in [6.07, 6.45) is 1.66. The van der Waals surface area contributed by atoms with Gasteiger partial charge in [0.1, 0.15) is 11.7 Å². The van der Waals surface area contributed by atoms with Gasteiger partial charge in [0.15, 0.2) is 10.6 Å². The van der Waals surface area contributed by atoms with Crippen molar-refractivity contribution in [2.75, 3.05) is 0 Å². The zero-order chi connectivity index (χ0) is 14.0. The fraction of sp³-hybridized carbons (Fsp3) is 0.333. The second kappa shape index (κ2) is 5.31. The molecule has 3 N–H and O–H groups in total. The van der Waals surface area contributed by atoms with Gasteiger partial charge in [-0.15, -0.1) is 0 Å². The minimum absolute atomic E-state index is 0.00395. The lowest BCUT2D eigenvalue weighted by Crippen LogP contribution is -2.31. The highest BCUT2D eigenvalue weighted by atomic mass is 32.1. The molecular formula is C12H15N5OS. The molecule has 100 valence electrons. The summed E-state index contributed by atoms with van der Waals surface area (Å²) in [5.41, 5.74) is 6.12. The minimum Gasteiger partial charge on any atom is -0.368 e. The molecule has 2 aromatic heterocycles. The van der Waals surface area contributed by atoms with Crippen molar-refractivity contribution in [3.8, 4) is 11.5 Å². The van der Waals surface area contributed by atoms with Gasteiger partial charge in [0.2, 0.25) is 5.91 Å². The number of rotatable bonds is 4. The summed E-state index contributed by atoms with van der Waals surface area (Å²) >= 11 is 5.20. The first-order chi connectivity index (χ1) is 9.02. The summed E-state index contributed by atoms with van der Waals surface area (Å²) in [6, 6.07) is 4.91. The van der Waals surface area contributed by atoms with Crippen LogP contribution >= 0.6 is 12.2 Å². The van der Waals surface area contributed by atoms with Crippen molar-refractivity contribution in [1.82, 2.24) is 19.7 Å². The highest BCUT2D eigenvalue weighted by molar-refractivity contribution is 7.71. The van der Waals surface area contributed by atoms with Crippen molar-refractivity contribution < 1.29 is 4.79 Å². The lowest BCUT2D eigenvalue weighted by molar-refractivity contribution is -0.122. The van der Waals surface area contributed by atoms with Crippen molar-refractivity contribution in [2.24, 2.45) is 11.7 Å². The zero-order valence-electron chi connectivity index (χ0n) is 10.7. The van der Waals surface area contributed by atoms with Crippen LogP contribution in [0.2, 0.25) is 0 Å². The Morgan fingerprint density at radius 1 is 1.47 bits per heavy atom. The maximum Gasteiger partial charge on any atom is 0.240 e. The van der Waals surface area contributed by atoms with Crippen LogP contribution in [0.1, 0.15) is 19.9 Å². The van der Waals surface area contributed by atoms with Crippen molar-refractivity contribution in [3.05, 3.63) is 29.2 Å². The van der Waals surface area contributed by atoms with E-state index in [-0.39, 0.29) is 5.92 Å². The van der Waals surface area contributed by atoms with Crippen LogP contribution in [0.4, 0.5) is 0 Å². The lowest BCUT2D eigenvalue weighted by atomic mass is 10.0. The highest BCUT2D eigenvalue weighted by Gasteiger charge is 2.26. The number of H-pyrrole nitrogens is 1. The van der Waals surface area contributed by atoms with Crippen LogP contribution in [-0.2, 0) is 4.79 Å². The number of nitrogens with zero attached hydrogens (tertiary/aromatic N) is 3. The molecular weight excluding hydrogens is 262 g/mol. The number of nitrogens with one attached hydrogen (secondary N) is 1. The Balaban J connectivity index is 2.61. The van der Waals surface area contributed by atoms with Gasteiger partial charge in [0.25, 0.3) is 0 Å². The predicted molar refractivity (Wildman–Crippen MR) is 73.7 cm³/mol. The molecule has 2 aromatic rings. The molecule has 0 spiro atoms. The standard InChI is InChI=1S/C12H15N5OS/c1-7(2)9(10(13)18)17-11(15-16-12(17)19)8-5-3-4-6-14-8/h3-7,9H,1-2H3,(H2,13,18)(H,16,19). The molecule has 1 amide bonds. The van der Waals surface area contributed by atoms with E-state index in [2.05, 4.69) is 15.2 Å². The second-order valence-electron chi connectivity index (χ2n) is 4.53. The van der Waals surface area contributed by atoms with E-state index in [1.54, 1.807) is 16.8 Å². The number of primary amides is 1. The largest absolute Gasteiger partial charge is 0.368 e. The average Bonchev–Trinajstić information content (AvgIpc) is 2.72. The van der Waals surface area contributed by atoms with Crippen molar-refractivity contribution in [2.45, 2.75) is 19.9 Å². The molecule has 7 heteroatoms. The van der Waals surface area contributed by atoms with Gasteiger partial charge in [0.05, 0.1) is 0 Å². The molecule has 0 bridgehead atoms. The molecule has 19 heavy (non-hydrogen) atoms. The molecule has 0 aliphatic carbocycles. The van der Waals surface area contributed by atoms with Crippen LogP contribution in [-0.4, -0.2) is 25.7 Å². The monoisotopic (exact) mass is 277 g/mol. The number of hydrogen-bond acceptors (Lipinski definition) is 4. The summed E-state index contributed by atoms with van der Waals surface area (Å²) in [5.74, 6) is 0.0806. The Morgan fingerprint density at radius 3 is 2.74 bits per heavy atom. The topological polar surface area (TPSA) is 89.6 Å². The summed E-state index contributed by atoms with van der Waals surface area (Å²) in [7, 11) is 0. The normalized spacial score (nSPS) is 12.6. The maximum atomic E-state index is 11.7. The van der Waals surface area contributed by atoms with E-state index in [4.69, 9.17) is 18.0 Å². The smallest absolute Gasteiger partial charge is 0.240 e. The Labute approximate surface area is 115 Å². The van der Waals surface area contributed by atoms with E-state index in [1.807, 2.05) is 26.0 Å². The summed E-state index contributed by atoms with van der Waals surface area (Å²) in [4.78, 5) is 15.9. The molecule has 1 unspecified atom stereocenters. The number of hydrogen-bond donors (Lipinski definition) is 2. The quantitative estimate of drug-likeness (QED) is 0.832. The van der Waals surface area contributed by atoms with Crippen LogP contribution in [0.5, 0.6) is 0 Å². The van der Waals surface area contributed by atoms with Crippen LogP contribution in [0, 0.1) is 10.7 Å². The summed E-state index contributed by atoms with van der Waals surface area (Å²) in [6.45, 7) is 3.82. The van der Waals surface area contributed by atoms with Crippen LogP contribution in [0.3, 0.4) is 0 Å². The second-order valence-corrected chi connectivity index (χ2v) is 4.92. The third-order valence-electron chi connectivity index (χ3n) is 2.80. The van der Waals surface area contributed by atoms with E-state index in [0.29, 0.717) is 16.3 Å². The number of pyridine rings is 1. The third-order valence-corrected chi connectivity index (χ3v) is 3.09. The van der Waals surface area contributed by atoms with Crippen LogP contribution < -0.4 is 5.73 Å². The Hall–Kier alpha value is -2.02. The maximum absolute atomic E-state index is 11.7. The van der Waals surface area contributed by atoms with E-state index in [9.17, 15) is 4.79 Å². The van der Waals surface area contributed by atoms with Gasteiger partial charge in [-0.25, -0.2) is 0 Å². The summed E-state index contributed by atoms with van der Waals surface area (Å²) in [5, 5.41) is 6.84. The average molecular weight is 277 g/mol. The number of carbonyl (C=O) groups is 1. The molecule has 0 aliphatic rings. The van der Waals surface area contributed by atoms with Gasteiger partial charge in [-0.1, -0.05) is 19.9 Å². The van der Waals surface area contributed by atoms with Gasteiger partial charge >= 0.3 is 0 Å². The molecule has 2 heterocycles. The molecule has 1 atom stereocenters. The van der Waals surface area contributed by atoms with Gasteiger partial charge in [-0.05, 0) is 30.3 Å². The fourth-order valence-corrected chi connectivity index (χ4v) is 2.24. The van der Waals surface area contributed by atoms with Crippen LogP contribution in [0.15, 0.2) is 24.4 Å². The number of aromatic nitrogens is 4. The van der Waals surface area contributed by atoms with Gasteiger partial charge in [0, 0.05) is 6.20 Å². The first-order valence-corrected chi connectivity index (χ1v) is 6.30. The number of carbonyl (C=O) groups excluding carboxylic acids is 1. The van der Waals surface area contributed by atoms with Gasteiger partial charge < -0.3 is 5.73 Å². The molecule has 0 aliphatic heterocycles. The van der Waals surface area contributed by atoms with Gasteiger partial charge in [-0.2, -0.15) is 5.10 Å². The first kappa shape index (κ1) is 13.4. The molecule has 2 rings (SSSR count). The molecule has 0 aromatic carbocycles. The number of aromatic amines is 1. The number of nitrogens with two attached hydrogens (primary N) is 1. The molecule has 0 saturated carbocycles. The van der Waals surface area contributed by atoms with E-state index >= 15 is 0 Å². The zero-order valence-corrected chi connectivity index (χ0v) is 11.5. The lowest BCUT2D eigenvalue weighted by Gasteiger charge is -2.20. The first-order valence-electron chi connectivity index (χ1n) is 5.90. The Bertz CT molecular complexity index is 631. The fourth-order valence-electron chi connectivity index (χ4n) is 1.99. The summed E-state index contributed by atoms with van der Waals surface area (Å²) < 4.78 is 1.99. The highest BCUT2D eigenvalue weighted by Crippen LogP contribution is 2.24. The Kier molecular flexibility index (Phi) is 3.75. The SMILES string of the molecule is CC(C)C(C(N)=O)n1c(-c2ccccn2)n[nH]c1=S. The minimum atomic E-state index is -0.553. The molecule has 0 saturated heterocycles. The third kappa shape index (κ3) is 2.55. The van der Waals surface area contributed by atoms with E-state index in [1.165, 1.54) is 0 Å². The van der Waals surface area contributed by atoms with Crippen molar-refractivity contribution >= 4 is 18.1 Å². The predicted octanol–water partition coefficient (Wildman–Crippen LogP) is 1.69. The molecule has 0 radical (unpaired) electrons. The molecule has 0 fully saturated rings. The van der Waals surface area contributed by atoms with Gasteiger partial charge in [-0.3, -0.25) is 19.4 Å². The van der Waals surface area contributed by atoms with Crippen molar-refractivity contribution in [1.29, 1.82) is 0 Å². The van der Waals surface area contributed by atoms with Crippen molar-refractivity contribution in [3.63, 3.8) is 0 Å². The Morgan fingerprint density at radius 2 is 2.21 bits per heavy atom. The number of amides is 1. The van der Waals surface area contributed by atoms with E-state index < -0.39 is 11.9 Å². The molecule has 6 nitrogen and oxygen atoms in total. The van der Waals surface area contributed by atoms with Crippen LogP contribution in [0.25, 0.3) is 11.5 Å².